The number of benzene rings is 1. The Bertz CT molecular complexity index is 410. The van der Waals surface area contributed by atoms with Crippen LogP contribution in [0.5, 0.6) is 5.75 Å². The molecule has 1 aromatic rings. The van der Waals surface area contributed by atoms with Crippen LogP contribution >= 0.6 is 11.8 Å². The van der Waals surface area contributed by atoms with E-state index >= 15 is 0 Å². The van der Waals surface area contributed by atoms with Gasteiger partial charge in [0.05, 0.1) is 7.11 Å². The van der Waals surface area contributed by atoms with E-state index in [1.165, 1.54) is 49.3 Å². The Morgan fingerprint density at radius 3 is 2.45 bits per heavy atom. The summed E-state index contributed by atoms with van der Waals surface area (Å²) in [5.41, 5.74) is 1.43. The highest BCUT2D eigenvalue weighted by Gasteiger charge is 2.32. The fraction of sp³-hybridized carbons (Fsp3) is 0.647. The second-order valence-corrected chi connectivity index (χ2v) is 7.28. The average Bonchev–Trinajstić information content (AvgIpc) is 3.34. The normalized spacial score (nSPS) is 21.6. The van der Waals surface area contributed by atoms with Crippen LogP contribution in [0.4, 0.5) is 0 Å². The van der Waals surface area contributed by atoms with E-state index in [-0.39, 0.29) is 0 Å². The lowest BCUT2D eigenvalue weighted by atomic mass is 9.99. The van der Waals surface area contributed by atoms with Crippen molar-refractivity contribution < 1.29 is 4.74 Å². The van der Waals surface area contributed by atoms with Gasteiger partial charge in [0.1, 0.15) is 5.75 Å². The summed E-state index contributed by atoms with van der Waals surface area (Å²) in [4.78, 5) is 0. The van der Waals surface area contributed by atoms with E-state index in [9.17, 15) is 0 Å². The Morgan fingerprint density at radius 1 is 1.15 bits per heavy atom. The molecule has 110 valence electrons. The largest absolute Gasteiger partial charge is 0.497 e. The molecule has 20 heavy (non-hydrogen) atoms. The van der Waals surface area contributed by atoms with Gasteiger partial charge in [-0.3, -0.25) is 0 Å². The average molecular weight is 291 g/mol. The molecule has 3 rings (SSSR count). The third-order valence-electron chi connectivity index (χ3n) is 4.54. The number of hydrogen-bond donors (Lipinski definition) is 1. The summed E-state index contributed by atoms with van der Waals surface area (Å²) in [6.45, 7) is 1.19. The van der Waals surface area contributed by atoms with Crippen LogP contribution in [-0.2, 0) is 0 Å². The molecule has 1 saturated carbocycles. The molecular formula is C17H25NOS. The van der Waals surface area contributed by atoms with Crippen molar-refractivity contribution in [1.29, 1.82) is 0 Å². The number of methoxy groups -OCH3 is 1. The van der Waals surface area contributed by atoms with E-state index in [0.717, 1.165) is 17.6 Å². The maximum Gasteiger partial charge on any atom is 0.118 e. The van der Waals surface area contributed by atoms with E-state index in [2.05, 4.69) is 41.3 Å². The molecule has 1 aliphatic carbocycles. The molecule has 2 aliphatic rings. The molecule has 1 saturated heterocycles. The fourth-order valence-corrected chi connectivity index (χ4v) is 4.25. The number of hydrogen-bond acceptors (Lipinski definition) is 3. The van der Waals surface area contributed by atoms with Gasteiger partial charge in [0.2, 0.25) is 0 Å². The van der Waals surface area contributed by atoms with Crippen molar-refractivity contribution in [1.82, 2.24) is 5.32 Å². The Balaban J connectivity index is 1.59. The molecule has 1 unspecified atom stereocenters. The van der Waals surface area contributed by atoms with Gasteiger partial charge in [0, 0.05) is 6.04 Å². The fourth-order valence-electron chi connectivity index (χ4n) is 3.04. The molecule has 0 bridgehead atoms. The summed E-state index contributed by atoms with van der Waals surface area (Å²) in [6, 6.07) is 9.18. The predicted molar refractivity (Wildman–Crippen MR) is 86.5 cm³/mol. The standard InChI is InChI=1S/C17H25NOS/c1-19-16-6-4-15(5-7-16)17(14-2-3-14)18-12-13-8-10-20-11-9-13/h4-7,13-14,17-18H,2-3,8-12H2,1H3. The Morgan fingerprint density at radius 2 is 1.85 bits per heavy atom. The molecule has 1 heterocycles. The molecule has 3 heteroatoms. The predicted octanol–water partition coefficient (Wildman–Crippen LogP) is 3.88. The smallest absolute Gasteiger partial charge is 0.118 e. The summed E-state index contributed by atoms with van der Waals surface area (Å²) in [7, 11) is 1.73. The van der Waals surface area contributed by atoms with E-state index in [0.29, 0.717) is 6.04 Å². The van der Waals surface area contributed by atoms with E-state index in [1.54, 1.807) is 7.11 Å². The van der Waals surface area contributed by atoms with Crippen LogP contribution in [0.3, 0.4) is 0 Å². The van der Waals surface area contributed by atoms with Gasteiger partial charge in [-0.05, 0) is 73.3 Å². The second kappa shape index (κ2) is 6.86. The maximum atomic E-state index is 5.26. The van der Waals surface area contributed by atoms with Gasteiger partial charge >= 0.3 is 0 Å². The second-order valence-electron chi connectivity index (χ2n) is 6.05. The van der Waals surface area contributed by atoms with E-state index in [1.807, 2.05) is 0 Å². The lowest BCUT2D eigenvalue weighted by Gasteiger charge is -2.26. The van der Waals surface area contributed by atoms with Gasteiger partial charge in [0.15, 0.2) is 0 Å². The molecule has 1 atom stereocenters. The lowest BCUT2D eigenvalue weighted by Crippen LogP contribution is -2.30. The van der Waals surface area contributed by atoms with Gasteiger partial charge in [-0.25, -0.2) is 0 Å². The first-order valence-electron chi connectivity index (χ1n) is 7.82. The van der Waals surface area contributed by atoms with Crippen molar-refractivity contribution in [3.05, 3.63) is 29.8 Å². The Labute approximate surface area is 126 Å². The summed E-state index contributed by atoms with van der Waals surface area (Å²) >= 11 is 2.11. The van der Waals surface area contributed by atoms with Crippen LogP contribution in [0, 0.1) is 11.8 Å². The molecule has 2 fully saturated rings. The monoisotopic (exact) mass is 291 g/mol. The zero-order valence-electron chi connectivity index (χ0n) is 12.3. The molecule has 1 aliphatic heterocycles. The first-order valence-corrected chi connectivity index (χ1v) is 8.97. The van der Waals surface area contributed by atoms with E-state index in [4.69, 9.17) is 4.74 Å². The molecule has 0 aromatic heterocycles. The van der Waals surface area contributed by atoms with Crippen LogP contribution in [0.25, 0.3) is 0 Å². The minimum absolute atomic E-state index is 0.551. The van der Waals surface area contributed by atoms with Crippen LogP contribution in [0.2, 0.25) is 0 Å². The number of thioether (sulfide) groups is 1. The Hall–Kier alpha value is -0.670. The highest BCUT2D eigenvalue weighted by molar-refractivity contribution is 7.99. The molecule has 0 radical (unpaired) electrons. The van der Waals surface area contributed by atoms with E-state index < -0.39 is 0 Å². The maximum absolute atomic E-state index is 5.26. The van der Waals surface area contributed by atoms with Crippen LogP contribution < -0.4 is 10.1 Å². The highest BCUT2D eigenvalue weighted by Crippen LogP contribution is 2.41. The van der Waals surface area contributed by atoms with Crippen molar-refractivity contribution in [3.63, 3.8) is 0 Å². The van der Waals surface area contributed by atoms with Crippen molar-refractivity contribution in [2.45, 2.75) is 31.7 Å². The third kappa shape index (κ3) is 3.70. The SMILES string of the molecule is COc1ccc(C(NCC2CCSCC2)C2CC2)cc1. The highest BCUT2D eigenvalue weighted by atomic mass is 32.2. The van der Waals surface area contributed by atoms with Gasteiger partial charge in [-0.15, -0.1) is 0 Å². The quantitative estimate of drug-likeness (QED) is 0.859. The first kappa shape index (κ1) is 14.3. The van der Waals surface area contributed by atoms with Crippen LogP contribution in [0.1, 0.15) is 37.3 Å². The van der Waals surface area contributed by atoms with Crippen LogP contribution in [-0.4, -0.2) is 25.2 Å². The topological polar surface area (TPSA) is 21.3 Å². The zero-order chi connectivity index (χ0) is 13.8. The number of nitrogens with one attached hydrogen (secondary N) is 1. The summed E-state index contributed by atoms with van der Waals surface area (Å²) in [5, 5.41) is 3.86. The molecule has 0 amide bonds. The lowest BCUT2D eigenvalue weighted by molar-refractivity contribution is 0.389. The van der Waals surface area contributed by atoms with Crippen molar-refractivity contribution in [2.24, 2.45) is 11.8 Å². The molecular weight excluding hydrogens is 266 g/mol. The third-order valence-corrected chi connectivity index (χ3v) is 5.58. The summed E-state index contributed by atoms with van der Waals surface area (Å²) < 4.78 is 5.26. The molecule has 2 nitrogen and oxygen atoms in total. The number of ether oxygens (including phenoxy) is 1. The zero-order valence-corrected chi connectivity index (χ0v) is 13.1. The van der Waals surface area contributed by atoms with Crippen molar-refractivity contribution in [2.75, 3.05) is 25.2 Å². The van der Waals surface area contributed by atoms with Crippen LogP contribution in [0.15, 0.2) is 24.3 Å². The Kier molecular flexibility index (Phi) is 4.90. The minimum Gasteiger partial charge on any atom is -0.497 e. The van der Waals surface area contributed by atoms with Gasteiger partial charge in [-0.1, -0.05) is 12.1 Å². The first-order chi connectivity index (χ1) is 9.86. The summed E-state index contributed by atoms with van der Waals surface area (Å²) in [6.07, 6.45) is 5.53. The molecule has 1 aromatic carbocycles. The minimum atomic E-state index is 0.551. The summed E-state index contributed by atoms with van der Waals surface area (Å²) in [5.74, 6) is 5.39. The van der Waals surface area contributed by atoms with Gasteiger partial charge in [-0.2, -0.15) is 11.8 Å². The van der Waals surface area contributed by atoms with Crippen molar-refractivity contribution >= 4 is 11.8 Å². The molecule has 1 N–H and O–H groups in total. The van der Waals surface area contributed by atoms with Crippen molar-refractivity contribution in [3.8, 4) is 5.75 Å². The van der Waals surface area contributed by atoms with Gasteiger partial charge < -0.3 is 10.1 Å². The number of rotatable bonds is 6. The molecule has 0 spiro atoms. The van der Waals surface area contributed by atoms with Gasteiger partial charge in [0.25, 0.3) is 0 Å².